The van der Waals surface area contributed by atoms with E-state index in [1.165, 1.54) is 4.90 Å². The molecule has 3 atom stereocenters. The molecule has 1 aliphatic heterocycles. The fourth-order valence-electron chi connectivity index (χ4n) is 2.11. The van der Waals surface area contributed by atoms with Gasteiger partial charge in [-0.15, -0.1) is 0 Å². The van der Waals surface area contributed by atoms with Crippen molar-refractivity contribution in [2.75, 3.05) is 13.1 Å². The minimum Gasteiger partial charge on any atom is -0.480 e. The van der Waals surface area contributed by atoms with Gasteiger partial charge in [0.2, 0.25) is 0 Å². The zero-order valence-electron chi connectivity index (χ0n) is 11.1. The van der Waals surface area contributed by atoms with Crippen LogP contribution in [0.15, 0.2) is 24.3 Å². The van der Waals surface area contributed by atoms with E-state index in [1.54, 1.807) is 31.2 Å². The third kappa shape index (κ3) is 2.90. The molecular weight excluding hydrogens is 260 g/mol. The van der Waals surface area contributed by atoms with Crippen molar-refractivity contribution in [3.05, 3.63) is 29.8 Å². The molecule has 1 aromatic carbocycles. The maximum atomic E-state index is 12.1. The Morgan fingerprint density at radius 3 is 2.60 bits per heavy atom. The van der Waals surface area contributed by atoms with Crippen LogP contribution >= 0.6 is 0 Å². The third-order valence-electron chi connectivity index (χ3n) is 3.23. The number of carbonyl (C=O) groups excluding carboxylic acids is 1. The summed E-state index contributed by atoms with van der Waals surface area (Å²) in [5, 5.41) is 27.8. The zero-order chi connectivity index (χ0) is 14.7. The first-order valence-corrected chi connectivity index (χ1v) is 6.33. The van der Waals surface area contributed by atoms with Gasteiger partial charge in [0.15, 0.2) is 6.10 Å². The van der Waals surface area contributed by atoms with Crippen molar-refractivity contribution in [3.63, 3.8) is 0 Å². The summed E-state index contributed by atoms with van der Waals surface area (Å²) in [7, 11) is 0. The van der Waals surface area contributed by atoms with Gasteiger partial charge in [-0.25, -0.2) is 0 Å². The highest BCUT2D eigenvalue weighted by molar-refractivity contribution is 5.81. The van der Waals surface area contributed by atoms with Crippen molar-refractivity contribution in [2.45, 2.75) is 25.2 Å². The number of likely N-dealkylation sites (tertiary alicyclic amines) is 1. The summed E-state index contributed by atoms with van der Waals surface area (Å²) < 4.78 is 5.50. The molecule has 0 spiro atoms. The van der Waals surface area contributed by atoms with Crippen molar-refractivity contribution in [1.29, 1.82) is 5.26 Å². The molecule has 0 bridgehead atoms. The molecule has 0 radical (unpaired) electrons. The van der Waals surface area contributed by atoms with Gasteiger partial charge in [-0.05, 0) is 19.1 Å². The van der Waals surface area contributed by atoms with Gasteiger partial charge in [0.25, 0.3) is 5.91 Å². The molecule has 1 amide bonds. The van der Waals surface area contributed by atoms with Crippen LogP contribution in [0.2, 0.25) is 0 Å². The molecule has 1 fully saturated rings. The van der Waals surface area contributed by atoms with Crippen molar-refractivity contribution < 1.29 is 19.7 Å². The largest absolute Gasteiger partial charge is 0.480 e. The van der Waals surface area contributed by atoms with E-state index in [4.69, 9.17) is 10.00 Å². The molecule has 1 unspecified atom stereocenters. The molecular formula is C14H16N2O4. The quantitative estimate of drug-likeness (QED) is 0.803. The highest BCUT2D eigenvalue weighted by atomic mass is 16.5. The fourth-order valence-corrected chi connectivity index (χ4v) is 2.11. The maximum Gasteiger partial charge on any atom is 0.263 e. The van der Waals surface area contributed by atoms with Crippen LogP contribution in [0.4, 0.5) is 0 Å². The van der Waals surface area contributed by atoms with Crippen LogP contribution in [0.5, 0.6) is 5.75 Å². The van der Waals surface area contributed by atoms with Gasteiger partial charge in [-0.1, -0.05) is 12.1 Å². The average molecular weight is 276 g/mol. The smallest absolute Gasteiger partial charge is 0.263 e. The van der Waals surface area contributed by atoms with E-state index >= 15 is 0 Å². The van der Waals surface area contributed by atoms with E-state index in [0.717, 1.165) is 0 Å². The lowest BCUT2D eigenvalue weighted by Crippen LogP contribution is -2.39. The maximum absolute atomic E-state index is 12.1. The summed E-state index contributed by atoms with van der Waals surface area (Å²) in [6, 6.07) is 8.65. The summed E-state index contributed by atoms with van der Waals surface area (Å²) in [4.78, 5) is 13.5. The lowest BCUT2D eigenvalue weighted by Gasteiger charge is -2.21. The van der Waals surface area contributed by atoms with Crippen molar-refractivity contribution in [2.24, 2.45) is 0 Å². The average Bonchev–Trinajstić information content (AvgIpc) is 2.78. The summed E-state index contributed by atoms with van der Waals surface area (Å²) >= 11 is 0. The third-order valence-corrected chi connectivity index (χ3v) is 3.23. The molecule has 1 aliphatic rings. The Bertz CT molecular complexity index is 530. The number of rotatable bonds is 3. The summed E-state index contributed by atoms with van der Waals surface area (Å²) in [5.74, 6) is 0.0180. The Balaban J connectivity index is 2.03. The monoisotopic (exact) mass is 276 g/mol. The molecule has 0 aromatic heterocycles. The topological polar surface area (TPSA) is 93.8 Å². The first-order valence-electron chi connectivity index (χ1n) is 6.33. The van der Waals surface area contributed by atoms with Gasteiger partial charge in [0.05, 0.1) is 17.8 Å². The molecule has 0 saturated carbocycles. The zero-order valence-corrected chi connectivity index (χ0v) is 11.1. The van der Waals surface area contributed by atoms with E-state index in [0.29, 0.717) is 11.3 Å². The number of nitriles is 1. The van der Waals surface area contributed by atoms with E-state index in [2.05, 4.69) is 0 Å². The summed E-state index contributed by atoms with van der Waals surface area (Å²) in [6.45, 7) is 1.76. The second-order valence-electron chi connectivity index (χ2n) is 4.75. The normalized spacial score (nSPS) is 23.2. The number of β-amino-alcohol motifs (C(OH)–C–C–N with tert-alkyl or cyclic N) is 2. The summed E-state index contributed by atoms with van der Waals surface area (Å²) in [5.41, 5.74) is 0.355. The molecule has 6 heteroatoms. The lowest BCUT2D eigenvalue weighted by molar-refractivity contribution is -0.137. The molecule has 20 heavy (non-hydrogen) atoms. The van der Waals surface area contributed by atoms with Crippen molar-refractivity contribution in [1.82, 2.24) is 4.90 Å². The first kappa shape index (κ1) is 14.3. The number of aliphatic hydroxyl groups is 2. The minimum absolute atomic E-state index is 0.0909. The first-order chi connectivity index (χ1) is 9.52. The number of hydrogen-bond donors (Lipinski definition) is 2. The minimum atomic E-state index is -0.919. The number of amides is 1. The molecule has 106 valence electrons. The molecule has 2 rings (SSSR count). The predicted octanol–water partition coefficient (Wildman–Crippen LogP) is -0.110. The highest BCUT2D eigenvalue weighted by Crippen LogP contribution is 2.20. The van der Waals surface area contributed by atoms with Gasteiger partial charge in [-0.3, -0.25) is 4.79 Å². The predicted molar refractivity (Wildman–Crippen MR) is 69.8 cm³/mol. The molecule has 1 aromatic rings. The Kier molecular flexibility index (Phi) is 4.23. The Labute approximate surface area is 116 Å². The van der Waals surface area contributed by atoms with Crippen LogP contribution in [0.25, 0.3) is 0 Å². The second kappa shape index (κ2) is 5.90. The van der Waals surface area contributed by atoms with E-state index in [-0.39, 0.29) is 19.0 Å². The number of para-hydroxylation sites is 1. The van der Waals surface area contributed by atoms with E-state index in [1.807, 2.05) is 6.07 Å². The molecule has 6 nitrogen and oxygen atoms in total. The van der Waals surface area contributed by atoms with Crippen LogP contribution in [0, 0.1) is 11.3 Å². The second-order valence-corrected chi connectivity index (χ2v) is 4.75. The Morgan fingerprint density at radius 1 is 1.40 bits per heavy atom. The fraction of sp³-hybridized carbons (Fsp3) is 0.429. The van der Waals surface area contributed by atoms with Crippen molar-refractivity contribution in [3.8, 4) is 11.8 Å². The van der Waals surface area contributed by atoms with E-state index < -0.39 is 18.3 Å². The lowest BCUT2D eigenvalue weighted by atomic mass is 10.2. The van der Waals surface area contributed by atoms with Crippen LogP contribution in [-0.4, -0.2) is 52.4 Å². The van der Waals surface area contributed by atoms with Gasteiger partial charge in [-0.2, -0.15) is 5.26 Å². The van der Waals surface area contributed by atoms with Crippen LogP contribution < -0.4 is 4.74 Å². The van der Waals surface area contributed by atoms with E-state index in [9.17, 15) is 15.0 Å². The highest BCUT2D eigenvalue weighted by Gasteiger charge is 2.35. The standard InChI is InChI=1S/C14H16N2O4/c1-9(14(19)16-7-11(17)12(18)8-16)20-13-5-3-2-4-10(13)6-15/h2-5,9,11-12,17-18H,7-8H2,1H3/t9?,11-,12+. The number of nitrogens with zero attached hydrogens (tertiary/aromatic N) is 2. The number of aliphatic hydroxyl groups excluding tert-OH is 2. The van der Waals surface area contributed by atoms with Crippen LogP contribution in [-0.2, 0) is 4.79 Å². The Morgan fingerprint density at radius 2 is 2.00 bits per heavy atom. The summed E-state index contributed by atoms with van der Waals surface area (Å²) in [6.07, 6.45) is -2.63. The van der Waals surface area contributed by atoms with Crippen LogP contribution in [0.3, 0.4) is 0 Å². The van der Waals surface area contributed by atoms with Crippen LogP contribution in [0.1, 0.15) is 12.5 Å². The number of carbonyl (C=O) groups is 1. The van der Waals surface area contributed by atoms with Gasteiger partial charge in [0.1, 0.15) is 11.8 Å². The van der Waals surface area contributed by atoms with Gasteiger partial charge < -0.3 is 19.8 Å². The molecule has 2 N–H and O–H groups in total. The molecule has 1 saturated heterocycles. The Hall–Kier alpha value is -2.10. The number of ether oxygens (including phenoxy) is 1. The number of hydrogen-bond acceptors (Lipinski definition) is 5. The van der Waals surface area contributed by atoms with Crippen molar-refractivity contribution >= 4 is 5.91 Å². The van der Waals surface area contributed by atoms with Gasteiger partial charge >= 0.3 is 0 Å². The van der Waals surface area contributed by atoms with Gasteiger partial charge in [0, 0.05) is 13.1 Å². The number of benzene rings is 1. The molecule has 0 aliphatic carbocycles. The SMILES string of the molecule is CC(Oc1ccccc1C#N)C(=O)N1C[C@@H](O)[C@@H](O)C1. The molecule has 1 heterocycles.